The second-order valence-corrected chi connectivity index (χ2v) is 6.42. The fourth-order valence-corrected chi connectivity index (χ4v) is 3.35. The SMILES string of the molecule is COCCOc1ccc(CN2CCNCC2c2ccccc2OC)cc1.Cl. The first-order chi connectivity index (χ1) is 12.8. The molecule has 5 nitrogen and oxygen atoms in total. The topological polar surface area (TPSA) is 43.0 Å². The van der Waals surface area contributed by atoms with Crippen molar-refractivity contribution >= 4 is 12.4 Å². The monoisotopic (exact) mass is 392 g/mol. The van der Waals surface area contributed by atoms with Gasteiger partial charge in [0.1, 0.15) is 18.1 Å². The van der Waals surface area contributed by atoms with E-state index in [1.54, 1.807) is 14.2 Å². The lowest BCUT2D eigenvalue weighted by atomic mass is 10.0. The summed E-state index contributed by atoms with van der Waals surface area (Å²) in [5.41, 5.74) is 2.52. The lowest BCUT2D eigenvalue weighted by Crippen LogP contribution is -2.45. The molecule has 1 saturated heterocycles. The van der Waals surface area contributed by atoms with Gasteiger partial charge in [-0.2, -0.15) is 0 Å². The van der Waals surface area contributed by atoms with Crippen molar-refractivity contribution in [1.82, 2.24) is 10.2 Å². The third kappa shape index (κ3) is 5.84. The summed E-state index contributed by atoms with van der Waals surface area (Å²) in [6.45, 7) is 5.02. The number of nitrogens with one attached hydrogen (secondary N) is 1. The maximum atomic E-state index is 5.65. The number of ether oxygens (including phenoxy) is 3. The Kier molecular flexibility index (Phi) is 8.88. The molecule has 0 radical (unpaired) electrons. The van der Waals surface area contributed by atoms with E-state index in [0.717, 1.165) is 37.7 Å². The zero-order valence-electron chi connectivity index (χ0n) is 16.0. The van der Waals surface area contributed by atoms with Gasteiger partial charge in [0, 0.05) is 38.9 Å². The first-order valence-corrected chi connectivity index (χ1v) is 9.10. The first-order valence-electron chi connectivity index (χ1n) is 9.10. The zero-order chi connectivity index (χ0) is 18.2. The number of hydrogen-bond donors (Lipinski definition) is 1. The summed E-state index contributed by atoms with van der Waals surface area (Å²) < 4.78 is 16.2. The van der Waals surface area contributed by atoms with E-state index in [4.69, 9.17) is 14.2 Å². The van der Waals surface area contributed by atoms with Crippen molar-refractivity contribution in [2.24, 2.45) is 0 Å². The quantitative estimate of drug-likeness (QED) is 0.698. The van der Waals surface area contributed by atoms with Crippen LogP contribution in [0.25, 0.3) is 0 Å². The molecule has 6 heteroatoms. The van der Waals surface area contributed by atoms with E-state index in [2.05, 4.69) is 34.5 Å². The number of benzene rings is 2. The number of hydrogen-bond acceptors (Lipinski definition) is 5. The van der Waals surface area contributed by atoms with Gasteiger partial charge in [-0.15, -0.1) is 12.4 Å². The molecule has 0 aliphatic carbocycles. The molecule has 2 aromatic carbocycles. The Hall–Kier alpha value is -1.79. The summed E-state index contributed by atoms with van der Waals surface area (Å²) in [4.78, 5) is 2.51. The van der Waals surface area contributed by atoms with Crippen molar-refractivity contribution in [3.8, 4) is 11.5 Å². The maximum Gasteiger partial charge on any atom is 0.123 e. The van der Waals surface area contributed by atoms with Gasteiger partial charge in [-0.05, 0) is 23.8 Å². The summed E-state index contributed by atoms with van der Waals surface area (Å²) in [5.74, 6) is 1.83. The fraction of sp³-hybridized carbons (Fsp3) is 0.429. The molecular formula is C21H29ClN2O3. The van der Waals surface area contributed by atoms with Crippen molar-refractivity contribution in [3.05, 3.63) is 59.7 Å². The molecule has 0 bridgehead atoms. The van der Waals surface area contributed by atoms with Crippen molar-refractivity contribution in [2.45, 2.75) is 12.6 Å². The van der Waals surface area contributed by atoms with Crippen molar-refractivity contribution < 1.29 is 14.2 Å². The Balaban J connectivity index is 0.00000261. The van der Waals surface area contributed by atoms with Crippen LogP contribution in [0.5, 0.6) is 11.5 Å². The van der Waals surface area contributed by atoms with Crippen LogP contribution >= 0.6 is 12.4 Å². The molecule has 1 heterocycles. The molecule has 1 aliphatic heterocycles. The molecule has 0 spiro atoms. The third-order valence-electron chi connectivity index (χ3n) is 4.72. The van der Waals surface area contributed by atoms with Crippen LogP contribution in [-0.2, 0) is 11.3 Å². The van der Waals surface area contributed by atoms with Crippen LogP contribution in [0.1, 0.15) is 17.2 Å². The molecular weight excluding hydrogens is 364 g/mol. The molecule has 0 amide bonds. The van der Waals surface area contributed by atoms with Crippen LogP contribution in [-0.4, -0.2) is 52.0 Å². The van der Waals surface area contributed by atoms with Crippen molar-refractivity contribution in [2.75, 3.05) is 47.1 Å². The maximum absolute atomic E-state index is 5.65. The van der Waals surface area contributed by atoms with Gasteiger partial charge in [-0.25, -0.2) is 0 Å². The van der Waals surface area contributed by atoms with E-state index in [1.165, 1.54) is 11.1 Å². The number of piperazine rings is 1. The number of rotatable bonds is 8. The van der Waals surface area contributed by atoms with Gasteiger partial charge in [0.15, 0.2) is 0 Å². The molecule has 1 fully saturated rings. The van der Waals surface area contributed by atoms with Crippen LogP contribution in [0.2, 0.25) is 0 Å². The van der Waals surface area contributed by atoms with Gasteiger partial charge < -0.3 is 19.5 Å². The second-order valence-electron chi connectivity index (χ2n) is 6.42. The summed E-state index contributed by atoms with van der Waals surface area (Å²) in [6, 6.07) is 17.0. The van der Waals surface area contributed by atoms with E-state index >= 15 is 0 Å². The van der Waals surface area contributed by atoms with E-state index in [9.17, 15) is 0 Å². The van der Waals surface area contributed by atoms with Gasteiger partial charge >= 0.3 is 0 Å². The summed E-state index contributed by atoms with van der Waals surface area (Å²) in [6.07, 6.45) is 0. The van der Waals surface area contributed by atoms with Gasteiger partial charge in [-0.3, -0.25) is 4.90 Å². The Bertz CT molecular complexity index is 681. The molecule has 0 aromatic heterocycles. The summed E-state index contributed by atoms with van der Waals surface area (Å²) in [7, 11) is 3.42. The minimum Gasteiger partial charge on any atom is -0.496 e. The van der Waals surface area contributed by atoms with E-state index in [0.29, 0.717) is 19.3 Å². The lowest BCUT2D eigenvalue weighted by molar-refractivity contribution is 0.146. The number of para-hydroxylation sites is 1. The van der Waals surface area contributed by atoms with Crippen LogP contribution in [0.4, 0.5) is 0 Å². The molecule has 2 aromatic rings. The van der Waals surface area contributed by atoms with E-state index < -0.39 is 0 Å². The molecule has 0 saturated carbocycles. The minimum atomic E-state index is 0. The number of halogens is 1. The molecule has 1 atom stereocenters. The highest BCUT2D eigenvalue weighted by atomic mass is 35.5. The fourth-order valence-electron chi connectivity index (χ4n) is 3.35. The van der Waals surface area contributed by atoms with E-state index in [-0.39, 0.29) is 12.4 Å². The highest BCUT2D eigenvalue weighted by Crippen LogP contribution is 2.31. The summed E-state index contributed by atoms with van der Waals surface area (Å²) in [5, 5.41) is 3.51. The van der Waals surface area contributed by atoms with Crippen LogP contribution in [0.15, 0.2) is 48.5 Å². The standard InChI is InChI=1S/C21H28N2O3.ClH/c1-24-13-14-26-18-9-7-17(8-10-18)16-23-12-11-22-15-20(23)19-5-3-4-6-21(19)25-2;/h3-10,20,22H,11-16H2,1-2H3;1H. The summed E-state index contributed by atoms with van der Waals surface area (Å²) >= 11 is 0. The molecule has 3 rings (SSSR count). The van der Waals surface area contributed by atoms with E-state index in [1.807, 2.05) is 24.3 Å². The minimum absolute atomic E-state index is 0. The molecule has 1 aliphatic rings. The number of methoxy groups -OCH3 is 2. The molecule has 148 valence electrons. The predicted molar refractivity (Wildman–Crippen MR) is 110 cm³/mol. The number of nitrogens with zero attached hydrogens (tertiary/aromatic N) is 1. The smallest absolute Gasteiger partial charge is 0.123 e. The van der Waals surface area contributed by atoms with Gasteiger partial charge in [0.05, 0.1) is 19.8 Å². The Labute approximate surface area is 168 Å². The average Bonchev–Trinajstić information content (AvgIpc) is 2.70. The lowest BCUT2D eigenvalue weighted by Gasteiger charge is -2.37. The zero-order valence-corrected chi connectivity index (χ0v) is 16.8. The molecule has 1 N–H and O–H groups in total. The third-order valence-corrected chi connectivity index (χ3v) is 4.72. The normalized spacial score (nSPS) is 17.2. The predicted octanol–water partition coefficient (Wildman–Crippen LogP) is 3.29. The Morgan fingerprint density at radius 2 is 1.81 bits per heavy atom. The van der Waals surface area contributed by atoms with Crippen molar-refractivity contribution in [3.63, 3.8) is 0 Å². The highest BCUT2D eigenvalue weighted by Gasteiger charge is 2.26. The Morgan fingerprint density at radius 1 is 1.04 bits per heavy atom. The molecule has 27 heavy (non-hydrogen) atoms. The van der Waals surface area contributed by atoms with Crippen LogP contribution < -0.4 is 14.8 Å². The largest absolute Gasteiger partial charge is 0.496 e. The molecule has 1 unspecified atom stereocenters. The Morgan fingerprint density at radius 3 is 2.56 bits per heavy atom. The second kappa shape index (κ2) is 11.1. The van der Waals surface area contributed by atoms with Crippen molar-refractivity contribution in [1.29, 1.82) is 0 Å². The average molecular weight is 393 g/mol. The van der Waals surface area contributed by atoms with Crippen LogP contribution in [0, 0.1) is 0 Å². The van der Waals surface area contributed by atoms with Gasteiger partial charge in [-0.1, -0.05) is 30.3 Å². The first kappa shape index (κ1) is 21.5. The van der Waals surface area contributed by atoms with Gasteiger partial charge in [0.25, 0.3) is 0 Å². The van der Waals surface area contributed by atoms with Gasteiger partial charge in [0.2, 0.25) is 0 Å². The van der Waals surface area contributed by atoms with Crippen LogP contribution in [0.3, 0.4) is 0 Å². The highest BCUT2D eigenvalue weighted by molar-refractivity contribution is 5.85.